The van der Waals surface area contributed by atoms with Gasteiger partial charge in [0.05, 0.1) is 12.7 Å². The number of benzene rings is 1. The fraction of sp³-hybridized carbons (Fsp3) is 0.500. The summed E-state index contributed by atoms with van der Waals surface area (Å²) < 4.78 is 5.71. The zero-order valence-electron chi connectivity index (χ0n) is 13.6. The third-order valence-corrected chi connectivity index (χ3v) is 4.87. The van der Waals surface area contributed by atoms with Crippen LogP contribution in [0.15, 0.2) is 22.8 Å². The van der Waals surface area contributed by atoms with Crippen molar-refractivity contribution in [1.29, 1.82) is 0 Å². The Morgan fingerprint density at radius 1 is 1.41 bits per heavy atom. The van der Waals surface area contributed by atoms with Gasteiger partial charge in [-0.15, -0.1) is 0 Å². The second-order valence-corrected chi connectivity index (χ2v) is 6.29. The molecule has 2 aromatic rings. The molecular weight excluding hydrogens is 276 g/mol. The van der Waals surface area contributed by atoms with Crippen molar-refractivity contribution in [2.45, 2.75) is 39.2 Å². The number of likely N-dealkylation sites (tertiary alicyclic amines) is 1. The number of hydrogen-bond donors (Lipinski definition) is 1. The molecule has 1 unspecified atom stereocenters. The molecule has 1 atom stereocenters. The number of hydrogen-bond acceptors (Lipinski definition) is 3. The molecule has 4 nitrogen and oxygen atoms in total. The van der Waals surface area contributed by atoms with E-state index in [0.717, 1.165) is 48.0 Å². The molecule has 1 aliphatic heterocycles. The number of furan rings is 1. The minimum absolute atomic E-state index is 0.195. The second-order valence-electron chi connectivity index (χ2n) is 6.29. The number of aryl methyl sites for hydroxylation is 2. The molecule has 1 N–H and O–H groups in total. The van der Waals surface area contributed by atoms with Crippen molar-refractivity contribution in [2.24, 2.45) is 0 Å². The second kappa shape index (κ2) is 6.13. The predicted molar refractivity (Wildman–Crippen MR) is 88.1 cm³/mol. The Kier molecular flexibility index (Phi) is 4.21. The average molecular weight is 300 g/mol. The monoisotopic (exact) mass is 300 g/mol. The zero-order valence-corrected chi connectivity index (χ0v) is 13.6. The van der Waals surface area contributed by atoms with Crippen molar-refractivity contribution < 1.29 is 9.21 Å². The normalized spacial score (nSPS) is 18.9. The zero-order chi connectivity index (χ0) is 15.7. The summed E-state index contributed by atoms with van der Waals surface area (Å²) in [7, 11) is 1.97. The molecule has 1 saturated heterocycles. The summed E-state index contributed by atoms with van der Waals surface area (Å²) in [5, 5.41) is 4.35. The van der Waals surface area contributed by atoms with Gasteiger partial charge >= 0.3 is 0 Å². The van der Waals surface area contributed by atoms with Crippen LogP contribution in [-0.4, -0.2) is 37.0 Å². The fourth-order valence-electron chi connectivity index (χ4n) is 3.24. The molecule has 0 bridgehead atoms. The van der Waals surface area contributed by atoms with Crippen LogP contribution in [0.4, 0.5) is 0 Å². The topological polar surface area (TPSA) is 45.5 Å². The van der Waals surface area contributed by atoms with Gasteiger partial charge in [-0.25, -0.2) is 0 Å². The summed E-state index contributed by atoms with van der Waals surface area (Å²) in [4.78, 5) is 14.6. The lowest BCUT2D eigenvalue weighted by molar-refractivity contribution is -0.131. The molecule has 0 saturated carbocycles. The van der Waals surface area contributed by atoms with E-state index < -0.39 is 0 Å². The van der Waals surface area contributed by atoms with E-state index in [9.17, 15) is 4.79 Å². The Hall–Kier alpha value is -1.81. The number of fused-ring (bicyclic) bond motifs is 1. The number of rotatable bonds is 3. The first kappa shape index (κ1) is 15.1. The number of carbonyl (C=O) groups is 1. The van der Waals surface area contributed by atoms with Gasteiger partial charge in [0.2, 0.25) is 5.91 Å². The number of amides is 1. The Balaban J connectivity index is 1.78. The van der Waals surface area contributed by atoms with Gasteiger partial charge in [0.15, 0.2) is 0 Å². The van der Waals surface area contributed by atoms with Crippen LogP contribution in [0.25, 0.3) is 11.0 Å². The predicted octanol–water partition coefficient (Wildman–Crippen LogP) is 2.80. The lowest BCUT2D eigenvalue weighted by atomic mass is 10.0. The van der Waals surface area contributed by atoms with Crippen LogP contribution in [0, 0.1) is 13.8 Å². The Bertz CT molecular complexity index is 690. The molecule has 4 heteroatoms. The maximum Gasteiger partial charge on any atom is 0.227 e. The Morgan fingerprint density at radius 2 is 2.23 bits per heavy atom. The van der Waals surface area contributed by atoms with Gasteiger partial charge in [-0.1, -0.05) is 12.1 Å². The van der Waals surface area contributed by atoms with Gasteiger partial charge in [-0.2, -0.15) is 0 Å². The molecule has 2 heterocycles. The van der Waals surface area contributed by atoms with Crippen LogP contribution in [0.2, 0.25) is 0 Å². The van der Waals surface area contributed by atoms with Gasteiger partial charge in [-0.05, 0) is 44.9 Å². The Labute approximate surface area is 131 Å². The SMILES string of the molecule is CNC1CCCN(C(=O)Cc2coc3c(C)c(C)ccc23)C1. The maximum atomic E-state index is 12.6. The first-order valence-corrected chi connectivity index (χ1v) is 8.01. The molecule has 1 fully saturated rings. The van der Waals surface area contributed by atoms with Gasteiger partial charge in [0.25, 0.3) is 0 Å². The van der Waals surface area contributed by atoms with Crippen molar-refractivity contribution in [2.75, 3.05) is 20.1 Å². The first-order chi connectivity index (χ1) is 10.6. The highest BCUT2D eigenvalue weighted by molar-refractivity contribution is 5.89. The van der Waals surface area contributed by atoms with Crippen molar-refractivity contribution in [1.82, 2.24) is 10.2 Å². The van der Waals surface area contributed by atoms with E-state index >= 15 is 0 Å². The number of piperidine rings is 1. The van der Waals surface area contributed by atoms with Gasteiger partial charge in [-0.3, -0.25) is 4.79 Å². The summed E-state index contributed by atoms with van der Waals surface area (Å²) in [5.41, 5.74) is 4.28. The van der Waals surface area contributed by atoms with E-state index in [1.165, 1.54) is 5.56 Å². The molecule has 1 aliphatic rings. The van der Waals surface area contributed by atoms with Crippen molar-refractivity contribution >= 4 is 16.9 Å². The van der Waals surface area contributed by atoms with E-state index in [2.05, 4.69) is 31.3 Å². The minimum Gasteiger partial charge on any atom is -0.464 e. The third kappa shape index (κ3) is 2.75. The minimum atomic E-state index is 0.195. The quantitative estimate of drug-likeness (QED) is 0.948. The van der Waals surface area contributed by atoms with Crippen molar-refractivity contribution in [3.05, 3.63) is 35.1 Å². The third-order valence-electron chi connectivity index (χ3n) is 4.87. The highest BCUT2D eigenvalue weighted by atomic mass is 16.3. The summed E-state index contributed by atoms with van der Waals surface area (Å²) in [5.74, 6) is 0.195. The van der Waals surface area contributed by atoms with Crippen LogP contribution in [-0.2, 0) is 11.2 Å². The number of nitrogens with one attached hydrogen (secondary N) is 1. The van der Waals surface area contributed by atoms with Gasteiger partial charge in [0, 0.05) is 30.1 Å². The molecule has 0 spiro atoms. The number of nitrogens with zero attached hydrogens (tertiary/aromatic N) is 1. The summed E-state index contributed by atoms with van der Waals surface area (Å²) in [6.45, 7) is 5.82. The number of likely N-dealkylation sites (N-methyl/N-ethyl adjacent to an activating group) is 1. The maximum absolute atomic E-state index is 12.6. The molecule has 1 amide bonds. The molecule has 0 radical (unpaired) electrons. The lowest BCUT2D eigenvalue weighted by Gasteiger charge is -2.32. The van der Waals surface area contributed by atoms with Gasteiger partial charge in [0.1, 0.15) is 5.58 Å². The van der Waals surface area contributed by atoms with Crippen LogP contribution in [0.1, 0.15) is 29.5 Å². The standard InChI is InChI=1S/C18H24N2O2/c1-12-6-7-16-14(11-22-18(16)13(12)2)9-17(21)20-8-4-5-15(10-20)19-3/h6-7,11,15,19H,4-5,8-10H2,1-3H3. The Morgan fingerprint density at radius 3 is 3.00 bits per heavy atom. The summed E-state index contributed by atoms with van der Waals surface area (Å²) >= 11 is 0. The van der Waals surface area contributed by atoms with E-state index in [1.54, 1.807) is 6.26 Å². The molecule has 1 aromatic carbocycles. The summed E-state index contributed by atoms with van der Waals surface area (Å²) in [6, 6.07) is 4.58. The van der Waals surface area contributed by atoms with Crippen LogP contribution in [0.3, 0.4) is 0 Å². The number of carbonyl (C=O) groups excluding carboxylic acids is 1. The van der Waals surface area contributed by atoms with Crippen LogP contribution in [0.5, 0.6) is 0 Å². The molecular formula is C18H24N2O2. The lowest BCUT2D eigenvalue weighted by Crippen LogP contribution is -2.47. The van der Waals surface area contributed by atoms with Crippen molar-refractivity contribution in [3.63, 3.8) is 0 Å². The fourth-order valence-corrected chi connectivity index (χ4v) is 3.24. The summed E-state index contributed by atoms with van der Waals surface area (Å²) in [6.07, 6.45) is 4.38. The van der Waals surface area contributed by atoms with E-state index in [-0.39, 0.29) is 5.91 Å². The van der Waals surface area contributed by atoms with Crippen molar-refractivity contribution in [3.8, 4) is 0 Å². The molecule has 1 aromatic heterocycles. The van der Waals surface area contributed by atoms with Crippen LogP contribution < -0.4 is 5.32 Å². The van der Waals surface area contributed by atoms with E-state index in [4.69, 9.17) is 4.42 Å². The molecule has 118 valence electrons. The largest absolute Gasteiger partial charge is 0.464 e. The van der Waals surface area contributed by atoms with Crippen LogP contribution >= 0.6 is 0 Å². The van der Waals surface area contributed by atoms with Gasteiger partial charge < -0.3 is 14.6 Å². The highest BCUT2D eigenvalue weighted by Crippen LogP contribution is 2.27. The van der Waals surface area contributed by atoms with E-state index in [0.29, 0.717) is 12.5 Å². The van der Waals surface area contributed by atoms with E-state index in [1.807, 2.05) is 11.9 Å². The molecule has 0 aliphatic carbocycles. The smallest absolute Gasteiger partial charge is 0.227 e. The highest BCUT2D eigenvalue weighted by Gasteiger charge is 2.23. The average Bonchev–Trinajstić information content (AvgIpc) is 2.94. The molecule has 22 heavy (non-hydrogen) atoms. The first-order valence-electron chi connectivity index (χ1n) is 8.01. The molecule has 3 rings (SSSR count).